The van der Waals surface area contributed by atoms with Crippen LogP contribution in [0.25, 0.3) is 0 Å². The Morgan fingerprint density at radius 2 is 1.86 bits per heavy atom. The Kier molecular flexibility index (Phi) is 5.49. The van der Waals surface area contributed by atoms with Gasteiger partial charge < -0.3 is 34.9 Å². The van der Waals surface area contributed by atoms with Gasteiger partial charge in [-0.1, -0.05) is 0 Å². The number of nitrogens with one attached hydrogen (secondary N) is 1. The molecule has 0 bridgehead atoms. The third kappa shape index (κ3) is 3.91. The number of aromatic nitrogens is 2. The Bertz CT molecular complexity index is 789. The zero-order valence-electron chi connectivity index (χ0n) is 15.6. The van der Waals surface area contributed by atoms with E-state index in [-0.39, 0.29) is 19.1 Å². The maximum atomic E-state index is 11.7. The van der Waals surface area contributed by atoms with Crippen LogP contribution in [0.15, 0.2) is 6.33 Å². The van der Waals surface area contributed by atoms with Crippen molar-refractivity contribution >= 4 is 35.2 Å². The van der Waals surface area contributed by atoms with E-state index >= 15 is 0 Å². The van der Waals surface area contributed by atoms with Crippen molar-refractivity contribution in [3.8, 4) is 0 Å². The largest absolute Gasteiger partial charge is 0.463 e. The minimum Gasteiger partial charge on any atom is -0.463 e. The third-order valence-corrected chi connectivity index (χ3v) is 4.20. The van der Waals surface area contributed by atoms with Crippen LogP contribution in [-0.2, 0) is 33.3 Å². The zero-order chi connectivity index (χ0) is 20.4. The second-order valence-electron chi connectivity index (χ2n) is 6.28. The highest BCUT2D eigenvalue weighted by atomic mass is 16.7. The molecule has 0 aliphatic carbocycles. The van der Waals surface area contributed by atoms with Gasteiger partial charge in [0.05, 0.1) is 6.67 Å². The molecule has 3 heterocycles. The summed E-state index contributed by atoms with van der Waals surface area (Å²) in [5.74, 6) is -0.998. The molecule has 2 aliphatic rings. The van der Waals surface area contributed by atoms with Gasteiger partial charge >= 0.3 is 17.9 Å². The number of rotatable bonds is 5. The molecule has 1 aromatic heterocycles. The Morgan fingerprint density at radius 1 is 1.18 bits per heavy atom. The molecule has 4 atom stereocenters. The van der Waals surface area contributed by atoms with Crippen LogP contribution in [0.2, 0.25) is 0 Å². The summed E-state index contributed by atoms with van der Waals surface area (Å²) in [6.07, 6.45) is -2.37. The van der Waals surface area contributed by atoms with Crippen molar-refractivity contribution in [2.45, 2.75) is 45.3 Å². The number of esters is 3. The average molecular weight is 395 g/mol. The van der Waals surface area contributed by atoms with E-state index < -0.39 is 42.4 Å². The molecule has 1 saturated heterocycles. The van der Waals surface area contributed by atoms with Gasteiger partial charge in [0, 0.05) is 20.8 Å². The number of anilines is 3. The van der Waals surface area contributed by atoms with Crippen LogP contribution >= 0.6 is 0 Å². The fourth-order valence-corrected chi connectivity index (χ4v) is 3.17. The van der Waals surface area contributed by atoms with Crippen molar-refractivity contribution in [2.75, 3.05) is 29.2 Å². The molecule has 0 saturated carbocycles. The number of nitrogens with zero attached hydrogens (tertiary/aromatic N) is 3. The molecule has 0 radical (unpaired) electrons. The number of nitrogen functional groups attached to an aromatic ring is 1. The molecule has 0 unspecified atom stereocenters. The number of ether oxygens (including phenoxy) is 4. The fraction of sp³-hybridized carbons (Fsp3) is 0.562. The number of hydrogen-bond donors (Lipinski definition) is 2. The molecule has 12 nitrogen and oxygen atoms in total. The van der Waals surface area contributed by atoms with E-state index in [0.29, 0.717) is 11.5 Å². The quantitative estimate of drug-likeness (QED) is 0.483. The van der Waals surface area contributed by atoms with Gasteiger partial charge in [0.1, 0.15) is 24.7 Å². The van der Waals surface area contributed by atoms with Crippen molar-refractivity contribution in [3.63, 3.8) is 0 Å². The first kappa shape index (κ1) is 19.6. The first-order valence-corrected chi connectivity index (χ1v) is 8.52. The first-order valence-electron chi connectivity index (χ1n) is 8.52. The summed E-state index contributed by atoms with van der Waals surface area (Å²) in [7, 11) is 0. The van der Waals surface area contributed by atoms with Crippen LogP contribution in [0.4, 0.5) is 17.3 Å². The number of hydrogen-bond acceptors (Lipinski definition) is 12. The van der Waals surface area contributed by atoms with Crippen molar-refractivity contribution < 1.29 is 33.3 Å². The molecule has 152 valence electrons. The van der Waals surface area contributed by atoms with E-state index in [9.17, 15) is 14.4 Å². The van der Waals surface area contributed by atoms with Gasteiger partial charge in [-0.05, 0) is 0 Å². The summed E-state index contributed by atoms with van der Waals surface area (Å²) in [6.45, 7) is 3.77. The highest BCUT2D eigenvalue weighted by Gasteiger charge is 2.53. The summed E-state index contributed by atoms with van der Waals surface area (Å²) in [4.78, 5) is 44.3. The molecule has 0 aromatic carbocycles. The van der Waals surface area contributed by atoms with E-state index in [1.165, 1.54) is 27.1 Å². The minimum absolute atomic E-state index is 0.179. The molecular formula is C16H21N5O7. The van der Waals surface area contributed by atoms with Crippen molar-refractivity contribution in [3.05, 3.63) is 6.33 Å². The number of nitrogens with two attached hydrogens (primary N) is 1. The van der Waals surface area contributed by atoms with Crippen molar-refractivity contribution in [1.29, 1.82) is 0 Å². The second kappa shape index (κ2) is 7.84. The lowest BCUT2D eigenvalue weighted by molar-refractivity contribution is -0.165. The highest BCUT2D eigenvalue weighted by molar-refractivity contribution is 5.80. The zero-order valence-corrected chi connectivity index (χ0v) is 15.6. The van der Waals surface area contributed by atoms with Gasteiger partial charge in [-0.25, -0.2) is 9.97 Å². The van der Waals surface area contributed by atoms with Crippen LogP contribution in [0, 0.1) is 0 Å². The van der Waals surface area contributed by atoms with E-state index in [1.54, 1.807) is 4.90 Å². The Hall–Kier alpha value is -3.15. The summed E-state index contributed by atoms with van der Waals surface area (Å²) >= 11 is 0. The molecule has 0 amide bonds. The number of carbonyl (C=O) groups excluding carboxylic acids is 3. The minimum atomic E-state index is -0.981. The molecule has 3 N–H and O–H groups in total. The van der Waals surface area contributed by atoms with Gasteiger partial charge in [0.2, 0.25) is 0 Å². The molecule has 0 spiro atoms. The van der Waals surface area contributed by atoms with Crippen molar-refractivity contribution in [2.24, 2.45) is 0 Å². The summed E-state index contributed by atoms with van der Waals surface area (Å²) in [5, 5.41) is 3.05. The fourth-order valence-electron chi connectivity index (χ4n) is 3.17. The monoisotopic (exact) mass is 395 g/mol. The predicted molar refractivity (Wildman–Crippen MR) is 93.8 cm³/mol. The van der Waals surface area contributed by atoms with Crippen LogP contribution in [0.5, 0.6) is 0 Å². The molecular weight excluding hydrogens is 374 g/mol. The first-order chi connectivity index (χ1) is 13.3. The van der Waals surface area contributed by atoms with Crippen molar-refractivity contribution in [1.82, 2.24) is 9.97 Å². The lowest BCUT2D eigenvalue weighted by Gasteiger charge is -2.29. The van der Waals surface area contributed by atoms with Crippen LogP contribution < -0.4 is 16.0 Å². The summed E-state index contributed by atoms with van der Waals surface area (Å²) in [6, 6.07) is 0. The van der Waals surface area contributed by atoms with Crippen LogP contribution in [0.1, 0.15) is 20.8 Å². The summed E-state index contributed by atoms with van der Waals surface area (Å²) in [5.41, 5.74) is 6.37. The lowest BCUT2D eigenvalue weighted by atomic mass is 10.1. The Labute approximate surface area is 160 Å². The molecule has 2 aliphatic heterocycles. The van der Waals surface area contributed by atoms with E-state index in [4.69, 9.17) is 24.7 Å². The Balaban J connectivity index is 1.92. The van der Waals surface area contributed by atoms with Crippen LogP contribution in [-0.4, -0.2) is 65.7 Å². The maximum absolute atomic E-state index is 11.7. The maximum Gasteiger partial charge on any atom is 0.303 e. The van der Waals surface area contributed by atoms with Gasteiger partial charge in [-0.3, -0.25) is 14.4 Å². The topological polar surface area (TPSA) is 155 Å². The predicted octanol–water partition coefficient (Wildman–Crippen LogP) is -0.600. The van der Waals surface area contributed by atoms with Gasteiger partial charge in [-0.15, -0.1) is 0 Å². The summed E-state index contributed by atoms with van der Waals surface area (Å²) < 4.78 is 21.7. The van der Waals surface area contributed by atoms with E-state index in [1.807, 2.05) is 0 Å². The number of fused-ring (bicyclic) bond motifs is 1. The van der Waals surface area contributed by atoms with Crippen LogP contribution in [0.3, 0.4) is 0 Å². The SMILES string of the molecule is CC(=O)OC[C@H]1O[C@H](N2CNc3c(N)ncnc32)[C@@H](OC(C)=O)[C@@H]1OC(C)=O. The molecule has 1 aromatic rings. The lowest BCUT2D eigenvalue weighted by Crippen LogP contribution is -2.47. The molecule has 1 fully saturated rings. The van der Waals surface area contributed by atoms with E-state index in [0.717, 1.165) is 0 Å². The van der Waals surface area contributed by atoms with Gasteiger partial charge in [-0.2, -0.15) is 0 Å². The Morgan fingerprint density at radius 3 is 2.50 bits per heavy atom. The van der Waals surface area contributed by atoms with Gasteiger partial charge in [0.25, 0.3) is 0 Å². The smallest absolute Gasteiger partial charge is 0.303 e. The average Bonchev–Trinajstić information content (AvgIpc) is 3.16. The number of carbonyl (C=O) groups is 3. The van der Waals surface area contributed by atoms with E-state index in [2.05, 4.69) is 15.3 Å². The molecule has 12 heteroatoms. The molecule has 3 rings (SSSR count). The highest BCUT2D eigenvalue weighted by Crippen LogP contribution is 2.38. The standard InChI is InChI=1S/C16H21N5O7/c1-7(22)25-4-10-12(26-8(2)23)13(27-9(3)24)16(28-10)21-6-20-11-14(17)18-5-19-15(11)21/h5,10,12-13,16,20H,4,6H2,1-3H3,(H2,17,18,19)/t10-,12-,13+,16+/m1/s1. The van der Waals surface area contributed by atoms with Gasteiger partial charge in [0.15, 0.2) is 30.1 Å². The normalized spacial score (nSPS) is 25.6. The third-order valence-electron chi connectivity index (χ3n) is 4.20. The molecule has 28 heavy (non-hydrogen) atoms. The second-order valence-corrected chi connectivity index (χ2v) is 6.28.